The number of rotatable bonds is 1. The van der Waals surface area contributed by atoms with Gasteiger partial charge in [-0.15, -0.1) is 0 Å². The maximum atomic E-state index is 5.44. The van der Waals surface area contributed by atoms with Gasteiger partial charge in [0.2, 0.25) is 0 Å². The Balaban J connectivity index is 2.15. The minimum absolute atomic E-state index is 0.815. The van der Waals surface area contributed by atoms with Gasteiger partial charge >= 0.3 is 0 Å². The first-order chi connectivity index (χ1) is 3.70. The first kappa shape index (κ1) is 6.05. The van der Waals surface area contributed by atoms with Crippen LogP contribution in [0.4, 0.5) is 0 Å². The molecule has 0 spiro atoms. The molecule has 1 aliphatic rings. The van der Waals surface area contributed by atoms with E-state index in [0.717, 1.165) is 24.9 Å². The van der Waals surface area contributed by atoms with E-state index >= 15 is 0 Å². The van der Waals surface area contributed by atoms with E-state index in [1.807, 2.05) is 5.01 Å². The molecule has 0 aliphatic carbocycles. The Kier molecular flexibility index (Phi) is 1.54. The van der Waals surface area contributed by atoms with Gasteiger partial charge in [0.15, 0.2) is 0 Å². The molecule has 0 radical (unpaired) electrons. The molecule has 2 heteroatoms. The third-order valence-corrected chi connectivity index (χ3v) is 1.88. The lowest BCUT2D eigenvalue weighted by atomic mass is 9.90. The summed E-state index contributed by atoms with van der Waals surface area (Å²) in [6.45, 7) is 6.69. The summed E-state index contributed by atoms with van der Waals surface area (Å²) < 4.78 is 0. The van der Waals surface area contributed by atoms with Gasteiger partial charge in [-0.1, -0.05) is 13.8 Å². The van der Waals surface area contributed by atoms with Crippen LogP contribution < -0.4 is 5.84 Å². The van der Waals surface area contributed by atoms with Gasteiger partial charge in [-0.25, -0.2) is 5.01 Å². The molecule has 0 saturated carbocycles. The Morgan fingerprint density at radius 2 is 2.00 bits per heavy atom. The third-order valence-electron chi connectivity index (χ3n) is 1.88. The summed E-state index contributed by atoms with van der Waals surface area (Å²) >= 11 is 0. The number of hydrogen-bond donors (Lipinski definition) is 1. The van der Waals surface area contributed by atoms with E-state index in [1.165, 1.54) is 0 Å². The van der Waals surface area contributed by atoms with E-state index in [0.29, 0.717) is 0 Å². The molecule has 1 rings (SSSR count). The molecule has 0 unspecified atom stereocenters. The molecular weight excluding hydrogens is 100 g/mol. The van der Waals surface area contributed by atoms with Crippen LogP contribution in [0, 0.1) is 11.8 Å². The lowest BCUT2D eigenvalue weighted by Crippen LogP contribution is -2.52. The fraction of sp³-hybridized carbons (Fsp3) is 1.00. The van der Waals surface area contributed by atoms with Crippen molar-refractivity contribution in [3.05, 3.63) is 0 Å². The second-order valence-electron chi connectivity index (χ2n) is 2.96. The van der Waals surface area contributed by atoms with Crippen LogP contribution in [0.25, 0.3) is 0 Å². The molecule has 1 aliphatic heterocycles. The molecular formula is C6H14N2. The van der Waals surface area contributed by atoms with Crippen molar-refractivity contribution in [2.75, 3.05) is 13.1 Å². The molecule has 0 aromatic carbocycles. The van der Waals surface area contributed by atoms with Crippen molar-refractivity contribution >= 4 is 0 Å². The zero-order valence-electron chi connectivity index (χ0n) is 5.59. The van der Waals surface area contributed by atoms with Crippen LogP contribution >= 0.6 is 0 Å². The molecule has 2 N–H and O–H groups in total. The van der Waals surface area contributed by atoms with Gasteiger partial charge in [-0.3, -0.25) is 5.84 Å². The second-order valence-corrected chi connectivity index (χ2v) is 2.96. The average Bonchev–Trinajstić information content (AvgIpc) is 1.57. The van der Waals surface area contributed by atoms with Crippen molar-refractivity contribution < 1.29 is 0 Å². The normalized spacial score (nSPS) is 24.0. The van der Waals surface area contributed by atoms with Gasteiger partial charge in [0.05, 0.1) is 0 Å². The standard InChI is InChI=1S/C6H14N2/c1-5(2)6-3-8(7)4-6/h5-6H,3-4,7H2,1-2H3. The van der Waals surface area contributed by atoms with Crippen molar-refractivity contribution in [3.8, 4) is 0 Å². The van der Waals surface area contributed by atoms with E-state index < -0.39 is 0 Å². The molecule has 0 atom stereocenters. The quantitative estimate of drug-likeness (QED) is 0.501. The molecule has 48 valence electrons. The van der Waals surface area contributed by atoms with Crippen LogP contribution in [-0.4, -0.2) is 18.1 Å². The Hall–Kier alpha value is -0.0800. The molecule has 0 aromatic heterocycles. The lowest BCUT2D eigenvalue weighted by molar-refractivity contribution is 0.0691. The van der Waals surface area contributed by atoms with E-state index in [4.69, 9.17) is 5.84 Å². The maximum absolute atomic E-state index is 5.44. The fourth-order valence-electron chi connectivity index (χ4n) is 0.971. The summed E-state index contributed by atoms with van der Waals surface area (Å²) in [5, 5.41) is 1.87. The zero-order chi connectivity index (χ0) is 6.15. The predicted molar refractivity (Wildman–Crippen MR) is 34.1 cm³/mol. The summed E-state index contributed by atoms with van der Waals surface area (Å²) in [4.78, 5) is 0. The van der Waals surface area contributed by atoms with Gasteiger partial charge in [-0.2, -0.15) is 0 Å². The topological polar surface area (TPSA) is 29.3 Å². The van der Waals surface area contributed by atoms with Crippen LogP contribution in [-0.2, 0) is 0 Å². The maximum Gasteiger partial charge on any atom is 0.0172 e. The number of hydrogen-bond acceptors (Lipinski definition) is 2. The van der Waals surface area contributed by atoms with Gasteiger partial charge in [0.25, 0.3) is 0 Å². The van der Waals surface area contributed by atoms with Crippen LogP contribution in [0.15, 0.2) is 0 Å². The molecule has 0 amide bonds. The summed E-state index contributed by atoms with van der Waals surface area (Å²) in [6.07, 6.45) is 0. The molecule has 0 aromatic rings. The van der Waals surface area contributed by atoms with Crippen molar-refractivity contribution in [1.29, 1.82) is 0 Å². The average molecular weight is 114 g/mol. The van der Waals surface area contributed by atoms with Gasteiger partial charge in [-0.05, 0) is 11.8 Å². The van der Waals surface area contributed by atoms with E-state index in [-0.39, 0.29) is 0 Å². The monoisotopic (exact) mass is 114 g/mol. The Morgan fingerprint density at radius 3 is 2.12 bits per heavy atom. The first-order valence-electron chi connectivity index (χ1n) is 3.20. The van der Waals surface area contributed by atoms with E-state index in [1.54, 1.807) is 0 Å². The summed E-state index contributed by atoms with van der Waals surface area (Å²) in [5.74, 6) is 7.12. The van der Waals surface area contributed by atoms with Crippen molar-refractivity contribution in [3.63, 3.8) is 0 Å². The van der Waals surface area contributed by atoms with Gasteiger partial charge in [0.1, 0.15) is 0 Å². The molecule has 1 saturated heterocycles. The van der Waals surface area contributed by atoms with Gasteiger partial charge < -0.3 is 0 Å². The first-order valence-corrected chi connectivity index (χ1v) is 3.20. The summed E-state index contributed by atoms with van der Waals surface area (Å²) in [6, 6.07) is 0. The highest BCUT2D eigenvalue weighted by Gasteiger charge is 2.25. The third kappa shape index (κ3) is 1.01. The molecule has 1 fully saturated rings. The van der Waals surface area contributed by atoms with E-state index in [2.05, 4.69) is 13.8 Å². The molecule has 2 nitrogen and oxygen atoms in total. The van der Waals surface area contributed by atoms with E-state index in [9.17, 15) is 0 Å². The number of nitrogens with zero attached hydrogens (tertiary/aromatic N) is 1. The summed E-state index contributed by atoms with van der Waals surface area (Å²) in [5.41, 5.74) is 0. The largest absolute Gasteiger partial charge is 0.269 e. The van der Waals surface area contributed by atoms with Crippen molar-refractivity contribution in [1.82, 2.24) is 5.01 Å². The molecule has 0 bridgehead atoms. The van der Waals surface area contributed by atoms with Gasteiger partial charge in [0, 0.05) is 13.1 Å². The number of nitrogens with two attached hydrogens (primary N) is 1. The molecule has 1 heterocycles. The SMILES string of the molecule is CC(C)C1CN(N)C1. The Labute approximate surface area is 50.6 Å². The Morgan fingerprint density at radius 1 is 1.50 bits per heavy atom. The predicted octanol–water partition coefficient (Wildman–Crippen LogP) is 0.448. The minimum atomic E-state index is 0.815. The van der Waals surface area contributed by atoms with Crippen LogP contribution in [0.2, 0.25) is 0 Å². The highest BCUT2D eigenvalue weighted by molar-refractivity contribution is 4.77. The zero-order valence-corrected chi connectivity index (χ0v) is 5.59. The second kappa shape index (κ2) is 2.03. The highest BCUT2D eigenvalue weighted by Crippen LogP contribution is 2.19. The number of hydrazine groups is 1. The molecule has 8 heavy (non-hydrogen) atoms. The van der Waals surface area contributed by atoms with Crippen LogP contribution in [0.1, 0.15) is 13.8 Å². The van der Waals surface area contributed by atoms with Crippen molar-refractivity contribution in [2.24, 2.45) is 17.7 Å². The Bertz CT molecular complexity index is 74.6. The summed E-state index contributed by atoms with van der Waals surface area (Å²) in [7, 11) is 0. The lowest BCUT2D eigenvalue weighted by Gasteiger charge is -2.38. The smallest absolute Gasteiger partial charge is 0.0172 e. The minimum Gasteiger partial charge on any atom is -0.269 e. The fourth-order valence-corrected chi connectivity index (χ4v) is 0.971. The van der Waals surface area contributed by atoms with Crippen LogP contribution in [0.5, 0.6) is 0 Å². The highest BCUT2D eigenvalue weighted by atomic mass is 15.4. The van der Waals surface area contributed by atoms with Crippen molar-refractivity contribution in [2.45, 2.75) is 13.8 Å². The van der Waals surface area contributed by atoms with Crippen LogP contribution in [0.3, 0.4) is 0 Å².